The summed E-state index contributed by atoms with van der Waals surface area (Å²) in [5, 5.41) is 0. The first-order chi connectivity index (χ1) is 20.1. The van der Waals surface area contributed by atoms with Gasteiger partial charge in [0.25, 0.3) is 0 Å². The van der Waals surface area contributed by atoms with Gasteiger partial charge in [0.1, 0.15) is 0 Å². The standard InChI is InChI=1S/C36H45FOS3/c1-4-6-8-9-10-11-12-14-16-29-18-20-33(39-29)34-23-24-36(41-34)35-22-21-32(40-35)28-17-19-31(30(37)25-28)38-26-27(3)15-13-7-5-2/h4,17-25,27H,1,5-16,26H2,2-3H3/t27-/m0/s1. The van der Waals surface area contributed by atoms with Crippen LogP contribution in [0, 0.1) is 11.7 Å². The summed E-state index contributed by atoms with van der Waals surface area (Å²) in [5.41, 5.74) is 0.901. The first-order valence-corrected chi connectivity index (χ1v) is 17.8. The molecule has 0 fully saturated rings. The third-order valence-corrected chi connectivity index (χ3v) is 11.2. The van der Waals surface area contributed by atoms with E-state index in [0.717, 1.165) is 23.3 Å². The van der Waals surface area contributed by atoms with Gasteiger partial charge in [-0.05, 0) is 98.2 Å². The van der Waals surface area contributed by atoms with Gasteiger partial charge in [-0.15, -0.1) is 40.6 Å². The number of allylic oxidation sites excluding steroid dienone is 1. The fourth-order valence-corrected chi connectivity index (χ4v) is 8.24. The molecule has 0 N–H and O–H groups in total. The van der Waals surface area contributed by atoms with Crippen LogP contribution < -0.4 is 4.74 Å². The van der Waals surface area contributed by atoms with Crippen molar-refractivity contribution >= 4 is 34.0 Å². The second kappa shape index (κ2) is 17.0. The quantitative estimate of drug-likeness (QED) is 0.0760. The van der Waals surface area contributed by atoms with Crippen LogP contribution in [0.15, 0.2) is 67.3 Å². The van der Waals surface area contributed by atoms with Crippen LogP contribution in [0.1, 0.15) is 89.4 Å². The van der Waals surface area contributed by atoms with Gasteiger partial charge in [0.2, 0.25) is 0 Å². The lowest BCUT2D eigenvalue weighted by Crippen LogP contribution is -2.09. The van der Waals surface area contributed by atoms with Crippen molar-refractivity contribution in [2.24, 2.45) is 5.92 Å². The van der Waals surface area contributed by atoms with Crippen molar-refractivity contribution < 1.29 is 9.13 Å². The van der Waals surface area contributed by atoms with Gasteiger partial charge in [-0.3, -0.25) is 0 Å². The van der Waals surface area contributed by atoms with Gasteiger partial charge >= 0.3 is 0 Å². The SMILES string of the molecule is C=CCCCCCCCCc1ccc(-c2ccc(-c3ccc(-c4ccc(OC[C@@H](C)CCCCC)c(F)c4)s3)s2)s1. The van der Waals surface area contributed by atoms with Crippen molar-refractivity contribution in [1.29, 1.82) is 0 Å². The fourth-order valence-electron chi connectivity index (χ4n) is 5.00. The lowest BCUT2D eigenvalue weighted by Gasteiger charge is -2.13. The average molecular weight is 609 g/mol. The van der Waals surface area contributed by atoms with Crippen molar-refractivity contribution in [1.82, 2.24) is 0 Å². The lowest BCUT2D eigenvalue weighted by molar-refractivity contribution is 0.239. The minimum absolute atomic E-state index is 0.284. The second-order valence-electron chi connectivity index (χ2n) is 11.1. The molecule has 0 aliphatic heterocycles. The van der Waals surface area contributed by atoms with E-state index >= 15 is 0 Å². The Labute approximate surface area is 259 Å². The van der Waals surface area contributed by atoms with E-state index in [1.165, 1.54) is 88.6 Å². The maximum absolute atomic E-state index is 14.9. The third kappa shape index (κ3) is 9.94. The van der Waals surface area contributed by atoms with E-state index in [2.05, 4.69) is 56.8 Å². The van der Waals surface area contributed by atoms with Crippen LogP contribution in [0.4, 0.5) is 4.39 Å². The van der Waals surface area contributed by atoms with Crippen LogP contribution in [-0.4, -0.2) is 6.61 Å². The van der Waals surface area contributed by atoms with E-state index in [-0.39, 0.29) is 5.82 Å². The molecule has 0 amide bonds. The van der Waals surface area contributed by atoms with Crippen LogP contribution in [0.2, 0.25) is 0 Å². The molecule has 0 unspecified atom stereocenters. The summed E-state index contributed by atoms with van der Waals surface area (Å²) in [4.78, 5) is 7.73. The average Bonchev–Trinajstić information content (AvgIpc) is 3.75. The van der Waals surface area contributed by atoms with Crippen molar-refractivity contribution in [2.75, 3.05) is 6.61 Å². The Bertz CT molecular complexity index is 1330. The lowest BCUT2D eigenvalue weighted by atomic mass is 10.0. The highest BCUT2D eigenvalue weighted by molar-refractivity contribution is 7.27. The van der Waals surface area contributed by atoms with Gasteiger partial charge in [-0.25, -0.2) is 4.39 Å². The molecule has 0 aliphatic rings. The zero-order chi connectivity index (χ0) is 28.9. The van der Waals surface area contributed by atoms with Crippen LogP contribution in [0.5, 0.6) is 5.75 Å². The highest BCUT2D eigenvalue weighted by atomic mass is 32.1. The Balaban J connectivity index is 1.28. The molecule has 220 valence electrons. The number of ether oxygens (including phenoxy) is 1. The molecule has 41 heavy (non-hydrogen) atoms. The molecule has 5 heteroatoms. The summed E-state index contributed by atoms with van der Waals surface area (Å²) < 4.78 is 20.7. The van der Waals surface area contributed by atoms with Crippen molar-refractivity contribution in [2.45, 2.75) is 90.9 Å². The Kier molecular flexibility index (Phi) is 13.2. The Morgan fingerprint density at radius 2 is 1.39 bits per heavy atom. The van der Waals surface area contributed by atoms with Gasteiger partial charge in [0.05, 0.1) is 6.61 Å². The summed E-state index contributed by atoms with van der Waals surface area (Å²) in [6.07, 6.45) is 17.1. The molecule has 0 radical (unpaired) electrons. The second-order valence-corrected chi connectivity index (χ2v) is 14.4. The van der Waals surface area contributed by atoms with Gasteiger partial charge in [-0.2, -0.15) is 0 Å². The highest BCUT2D eigenvalue weighted by Crippen LogP contribution is 2.42. The summed E-state index contributed by atoms with van der Waals surface area (Å²) in [6, 6.07) is 18.7. The minimum atomic E-state index is -0.284. The number of hydrogen-bond donors (Lipinski definition) is 0. The van der Waals surface area contributed by atoms with Crippen LogP contribution in [0.25, 0.3) is 29.9 Å². The van der Waals surface area contributed by atoms with Gasteiger partial charge in [-0.1, -0.05) is 64.9 Å². The zero-order valence-corrected chi connectivity index (χ0v) is 27.2. The van der Waals surface area contributed by atoms with E-state index < -0.39 is 0 Å². The molecule has 4 aromatic rings. The maximum atomic E-state index is 14.9. The van der Waals surface area contributed by atoms with E-state index in [0.29, 0.717) is 18.3 Å². The summed E-state index contributed by atoms with van der Waals surface area (Å²) in [7, 11) is 0. The molecule has 1 aromatic carbocycles. The topological polar surface area (TPSA) is 9.23 Å². The molecule has 1 nitrogen and oxygen atoms in total. The smallest absolute Gasteiger partial charge is 0.165 e. The number of rotatable bonds is 19. The molecule has 0 saturated heterocycles. The van der Waals surface area contributed by atoms with E-state index in [9.17, 15) is 4.39 Å². The zero-order valence-electron chi connectivity index (χ0n) is 24.8. The number of hydrogen-bond acceptors (Lipinski definition) is 4. The molecule has 0 spiro atoms. The van der Waals surface area contributed by atoms with Crippen molar-refractivity contribution in [3.63, 3.8) is 0 Å². The molecule has 3 heterocycles. The Morgan fingerprint density at radius 1 is 0.756 bits per heavy atom. The normalized spacial score (nSPS) is 12.1. The third-order valence-electron chi connectivity index (χ3n) is 7.48. The first kappa shape index (κ1) is 31.7. The Hall–Kier alpha value is -2.21. The largest absolute Gasteiger partial charge is 0.490 e. The number of halogens is 1. The fraction of sp³-hybridized carbons (Fsp3) is 0.444. The minimum Gasteiger partial charge on any atom is -0.490 e. The van der Waals surface area contributed by atoms with Crippen LogP contribution >= 0.6 is 34.0 Å². The first-order valence-electron chi connectivity index (χ1n) is 15.4. The summed E-state index contributed by atoms with van der Waals surface area (Å²) in [6.45, 7) is 8.75. The molecule has 0 saturated carbocycles. The van der Waals surface area contributed by atoms with Crippen molar-refractivity contribution in [3.05, 3.63) is 77.9 Å². The molecule has 0 aliphatic carbocycles. The predicted octanol–water partition coefficient (Wildman–Crippen LogP) is 13.1. The molecule has 4 rings (SSSR count). The molecular formula is C36H45FOS3. The van der Waals surface area contributed by atoms with Crippen LogP contribution in [-0.2, 0) is 6.42 Å². The number of unbranched alkanes of at least 4 members (excludes halogenated alkanes) is 8. The number of benzene rings is 1. The molecule has 1 atom stereocenters. The van der Waals surface area contributed by atoms with Crippen LogP contribution in [0.3, 0.4) is 0 Å². The number of aryl methyl sites for hydroxylation is 1. The maximum Gasteiger partial charge on any atom is 0.165 e. The van der Waals surface area contributed by atoms with Gasteiger partial charge < -0.3 is 4.74 Å². The molecule has 3 aromatic heterocycles. The highest BCUT2D eigenvalue weighted by Gasteiger charge is 2.13. The van der Waals surface area contributed by atoms with Gasteiger partial charge in [0, 0.05) is 29.3 Å². The van der Waals surface area contributed by atoms with Crippen molar-refractivity contribution in [3.8, 4) is 35.7 Å². The summed E-state index contributed by atoms with van der Waals surface area (Å²) in [5.74, 6) is 0.503. The number of thiophene rings is 3. The Morgan fingerprint density at radius 3 is 2.10 bits per heavy atom. The monoisotopic (exact) mass is 608 g/mol. The van der Waals surface area contributed by atoms with E-state index in [1.54, 1.807) is 23.5 Å². The van der Waals surface area contributed by atoms with E-state index in [1.807, 2.05) is 34.8 Å². The predicted molar refractivity (Wildman–Crippen MR) is 181 cm³/mol. The summed E-state index contributed by atoms with van der Waals surface area (Å²) >= 11 is 5.50. The van der Waals surface area contributed by atoms with Gasteiger partial charge in [0.15, 0.2) is 11.6 Å². The van der Waals surface area contributed by atoms with E-state index in [4.69, 9.17) is 4.74 Å². The molecule has 0 bridgehead atoms. The molecular weight excluding hydrogens is 564 g/mol.